The average molecular weight is 656 g/mol. The van der Waals surface area contributed by atoms with Crippen molar-refractivity contribution in [3.63, 3.8) is 0 Å². The number of para-hydroxylation sites is 1. The molecule has 1 amide bonds. The number of alkyl halides is 4. The van der Waals surface area contributed by atoms with Crippen molar-refractivity contribution in [2.45, 2.75) is 49.2 Å². The summed E-state index contributed by atoms with van der Waals surface area (Å²) in [6, 6.07) is 5.26. The lowest BCUT2D eigenvalue weighted by atomic mass is 9.94. The third kappa shape index (κ3) is 4.88. The number of aromatic nitrogens is 4. The highest BCUT2D eigenvalue weighted by Gasteiger charge is 2.41. The normalized spacial score (nSPS) is 22.5. The Morgan fingerprint density at radius 1 is 1.13 bits per heavy atom. The number of rotatable bonds is 5. The first-order chi connectivity index (χ1) is 21.9. The van der Waals surface area contributed by atoms with Crippen molar-refractivity contribution in [3.8, 4) is 11.1 Å². The highest BCUT2D eigenvalue weighted by molar-refractivity contribution is 7.99. The first-order valence-electron chi connectivity index (χ1n) is 15.2. The predicted molar refractivity (Wildman–Crippen MR) is 170 cm³/mol. The molecule has 5 heterocycles. The molecule has 7 rings (SSSR count). The van der Waals surface area contributed by atoms with E-state index in [1.165, 1.54) is 22.4 Å². The van der Waals surface area contributed by atoms with Crippen LogP contribution in [-0.4, -0.2) is 91.8 Å². The van der Waals surface area contributed by atoms with Gasteiger partial charge in [0.2, 0.25) is 5.91 Å². The van der Waals surface area contributed by atoms with Gasteiger partial charge in [0.15, 0.2) is 0 Å². The lowest BCUT2D eigenvalue weighted by Gasteiger charge is -2.45. The molecule has 0 spiro atoms. The summed E-state index contributed by atoms with van der Waals surface area (Å²) in [6.45, 7) is 8.73. The molecule has 46 heavy (non-hydrogen) atoms. The number of amides is 1. The zero-order chi connectivity index (χ0) is 32.7. The van der Waals surface area contributed by atoms with E-state index in [9.17, 15) is 14.0 Å². The van der Waals surface area contributed by atoms with E-state index in [1.54, 1.807) is 41.0 Å². The van der Waals surface area contributed by atoms with Crippen molar-refractivity contribution < 1.29 is 22.4 Å². The molecule has 14 heteroatoms. The first kappa shape index (κ1) is 30.7. The first-order valence-corrected chi connectivity index (χ1v) is 16.2. The highest BCUT2D eigenvalue weighted by atomic mass is 32.2. The number of piperazine rings is 1. The number of likely N-dealkylation sites (tertiary alicyclic amines) is 1. The quantitative estimate of drug-likeness (QED) is 0.224. The molecule has 2 aromatic heterocycles. The maximum atomic E-state index is 15.2. The number of anilines is 1. The topological polar surface area (TPSA) is 79.5 Å². The van der Waals surface area contributed by atoms with Gasteiger partial charge >= 0.3 is 11.9 Å². The highest BCUT2D eigenvalue weighted by Crippen LogP contribution is 2.51. The predicted octanol–water partition coefficient (Wildman–Crippen LogP) is 4.88. The van der Waals surface area contributed by atoms with Gasteiger partial charge in [-0.15, -0.1) is 11.8 Å². The van der Waals surface area contributed by atoms with Crippen LogP contribution in [0.3, 0.4) is 0 Å². The van der Waals surface area contributed by atoms with Gasteiger partial charge in [-0.1, -0.05) is 24.8 Å². The number of thioether (sulfide) groups is 1. The fourth-order valence-electron chi connectivity index (χ4n) is 7.38. The van der Waals surface area contributed by atoms with Crippen LogP contribution in [0.1, 0.15) is 25.5 Å². The third-order valence-corrected chi connectivity index (χ3v) is 10.5. The molecule has 1 unspecified atom stereocenters. The van der Waals surface area contributed by atoms with Crippen LogP contribution < -0.4 is 10.6 Å². The van der Waals surface area contributed by atoms with Gasteiger partial charge in [-0.3, -0.25) is 18.9 Å². The van der Waals surface area contributed by atoms with Gasteiger partial charge in [-0.2, -0.15) is 23.3 Å². The summed E-state index contributed by atoms with van der Waals surface area (Å²) in [5.74, 6) is 0.244. The van der Waals surface area contributed by atoms with Crippen LogP contribution in [0.5, 0.6) is 0 Å². The Labute approximate surface area is 266 Å². The monoisotopic (exact) mass is 655 g/mol. The van der Waals surface area contributed by atoms with E-state index >= 15 is 13.2 Å². The van der Waals surface area contributed by atoms with E-state index in [-0.39, 0.29) is 60.9 Å². The van der Waals surface area contributed by atoms with E-state index < -0.39 is 29.6 Å². The Hall–Kier alpha value is -3.91. The number of carbonyl (C=O) groups is 1. The van der Waals surface area contributed by atoms with Gasteiger partial charge in [0.25, 0.3) is 0 Å². The van der Waals surface area contributed by atoms with Crippen LogP contribution in [0, 0.1) is 0 Å². The van der Waals surface area contributed by atoms with Gasteiger partial charge < -0.3 is 9.80 Å². The van der Waals surface area contributed by atoms with Gasteiger partial charge in [-0.05, 0) is 26.0 Å². The third-order valence-electron chi connectivity index (χ3n) is 9.29. The van der Waals surface area contributed by atoms with Crippen LogP contribution in [0.4, 0.5) is 23.4 Å². The van der Waals surface area contributed by atoms with Crippen molar-refractivity contribution in [2.75, 3.05) is 43.4 Å². The summed E-state index contributed by atoms with van der Waals surface area (Å²) in [6.07, 6.45) is -2.81. The molecule has 2 aromatic carbocycles. The molecule has 2 fully saturated rings. The minimum absolute atomic E-state index is 0.00106. The number of halogens is 4. The Kier molecular flexibility index (Phi) is 7.42. The second-order valence-electron chi connectivity index (χ2n) is 12.5. The lowest BCUT2D eigenvalue weighted by Crippen LogP contribution is -2.59. The number of fused-ring (bicyclic) bond motifs is 1. The second kappa shape index (κ2) is 11.1. The maximum Gasteiger partial charge on any atom is 0.417 e. The van der Waals surface area contributed by atoms with E-state index in [1.807, 2.05) is 23.6 Å². The molecular formula is C32H33F4N7O2S. The van der Waals surface area contributed by atoms with Crippen LogP contribution in [-0.2, 0) is 18.0 Å². The molecule has 3 atom stereocenters. The van der Waals surface area contributed by atoms with Crippen molar-refractivity contribution in [2.24, 2.45) is 7.05 Å². The number of hydrogen-bond donors (Lipinski definition) is 0. The summed E-state index contributed by atoms with van der Waals surface area (Å²) in [7, 11) is 1.69. The fraction of sp³-hybridized carbons (Fsp3) is 0.438. The van der Waals surface area contributed by atoms with E-state index in [0.717, 1.165) is 6.07 Å². The smallest absolute Gasteiger partial charge is 0.352 e. The average Bonchev–Trinajstić information content (AvgIpc) is 3.37. The number of benzene rings is 2. The van der Waals surface area contributed by atoms with Crippen molar-refractivity contribution in [1.29, 1.82) is 0 Å². The number of aryl methyl sites for hydroxylation is 1. The van der Waals surface area contributed by atoms with Crippen molar-refractivity contribution in [3.05, 3.63) is 59.2 Å². The number of nitrogens with zero attached hydrogens (tertiary/aromatic N) is 7. The zero-order valence-electron chi connectivity index (χ0n) is 25.6. The molecule has 3 aliphatic heterocycles. The molecule has 0 aliphatic carbocycles. The lowest BCUT2D eigenvalue weighted by molar-refractivity contribution is -0.137. The Morgan fingerprint density at radius 3 is 2.50 bits per heavy atom. The van der Waals surface area contributed by atoms with E-state index in [2.05, 4.69) is 16.7 Å². The minimum atomic E-state index is -4.74. The summed E-state index contributed by atoms with van der Waals surface area (Å²) in [4.78, 5) is 36.8. The summed E-state index contributed by atoms with van der Waals surface area (Å²) >= 11 is 1.29. The molecule has 242 valence electrons. The maximum absolute atomic E-state index is 15.2. The molecule has 0 saturated carbocycles. The molecule has 0 N–H and O–H groups in total. The fourth-order valence-corrected chi connectivity index (χ4v) is 8.70. The molecule has 3 aliphatic rings. The van der Waals surface area contributed by atoms with Crippen LogP contribution >= 0.6 is 11.8 Å². The molecule has 9 nitrogen and oxygen atoms in total. The van der Waals surface area contributed by atoms with Gasteiger partial charge in [0.05, 0.1) is 28.8 Å². The Bertz CT molecular complexity index is 1940. The largest absolute Gasteiger partial charge is 0.417 e. The van der Waals surface area contributed by atoms with Crippen molar-refractivity contribution >= 4 is 45.3 Å². The van der Waals surface area contributed by atoms with Crippen LogP contribution in [0.2, 0.25) is 0 Å². The van der Waals surface area contributed by atoms with Gasteiger partial charge in [-0.25, -0.2) is 9.18 Å². The van der Waals surface area contributed by atoms with Crippen molar-refractivity contribution in [1.82, 2.24) is 29.1 Å². The molecular weight excluding hydrogens is 622 g/mol. The molecule has 0 bridgehead atoms. The number of carbonyl (C=O) groups excluding carboxylic acids is 1. The molecule has 2 saturated heterocycles. The van der Waals surface area contributed by atoms with Crippen LogP contribution in [0.15, 0.2) is 52.8 Å². The second-order valence-corrected chi connectivity index (χ2v) is 13.5. The number of hydrogen-bond acceptors (Lipinski definition) is 7. The standard InChI is InChI=1S/C32H33F4N7O2S/c1-5-25(44)42-17(2)11-41(12-18(42)3)30-23-9-24(32(34,35)36)26(22-8-6-7-19-10-37-39(4)27(19)22)29-28(23)43(31(45)38-30)21(16-46-29)15-40-13-20(33)14-40/h5-10,17-18,20-21H,1,11-16H2,2-4H3/t17-,18+,21?. The van der Waals surface area contributed by atoms with Crippen LogP contribution in [0.25, 0.3) is 32.9 Å². The van der Waals surface area contributed by atoms with E-state index in [4.69, 9.17) is 0 Å². The van der Waals surface area contributed by atoms with Gasteiger partial charge in [0, 0.05) is 84.4 Å². The molecule has 4 aromatic rings. The minimum Gasteiger partial charge on any atom is -0.352 e. The van der Waals surface area contributed by atoms with Gasteiger partial charge in [0.1, 0.15) is 12.0 Å². The van der Waals surface area contributed by atoms with E-state index in [0.29, 0.717) is 39.2 Å². The summed E-state index contributed by atoms with van der Waals surface area (Å²) in [5.41, 5.74) is -0.0886. The Morgan fingerprint density at radius 2 is 1.85 bits per heavy atom. The summed E-state index contributed by atoms with van der Waals surface area (Å²) < 4.78 is 62.4. The SMILES string of the molecule is C=CC(=O)N1[C@H](C)CN(c2nc(=O)n3c4c(c(-c5cccc6cnn(C)c56)c(C(F)(F)F)cc24)SCC3CN2CC(F)C2)C[C@@H]1C. The Balaban J connectivity index is 1.50. The summed E-state index contributed by atoms with van der Waals surface area (Å²) in [5, 5.41) is 5.22. The molecule has 0 radical (unpaired) electrons. The zero-order valence-corrected chi connectivity index (χ0v) is 26.4.